The minimum Gasteiger partial charge on any atom is -0.505 e. The molecule has 1 aliphatic heterocycles. The van der Waals surface area contributed by atoms with E-state index in [0.29, 0.717) is 17.1 Å². The van der Waals surface area contributed by atoms with Gasteiger partial charge < -0.3 is 20.6 Å². The maximum atomic E-state index is 13.3. The maximum Gasteiger partial charge on any atom is 0.296 e. The summed E-state index contributed by atoms with van der Waals surface area (Å²) < 4.78 is 47.2. The predicted octanol–water partition coefficient (Wildman–Crippen LogP) is 4.44. The van der Waals surface area contributed by atoms with Crippen LogP contribution in [0.1, 0.15) is 6.92 Å². The molecule has 1 atom stereocenters. The number of rotatable bonds is 4. The lowest BCUT2D eigenvalue weighted by Crippen LogP contribution is -2.26. The molecule has 0 saturated carbocycles. The lowest BCUT2D eigenvalue weighted by Gasteiger charge is -2.25. The number of nitrogens with zero attached hydrogens (tertiary/aromatic N) is 2. The van der Waals surface area contributed by atoms with Gasteiger partial charge in [-0.3, -0.25) is 13.9 Å². The zero-order chi connectivity index (χ0) is 26.5. The molecule has 0 aromatic heterocycles. The smallest absolute Gasteiger partial charge is 0.296 e. The van der Waals surface area contributed by atoms with Crippen LogP contribution in [-0.4, -0.2) is 28.9 Å². The Morgan fingerprint density at radius 2 is 1.70 bits per heavy atom. The van der Waals surface area contributed by atoms with Crippen LogP contribution in [0.2, 0.25) is 0 Å². The SMILES string of the molecule is CC(=O)Nc1ccc2cc(S(=O)(=O)O)c(N=Nc3ccc4c(c3)P(=O)(O)c3ccccc3N4)c(O)c2c1. The summed E-state index contributed by atoms with van der Waals surface area (Å²) in [6, 6.07) is 16.5. The Hall–Kier alpha value is -4.09. The lowest BCUT2D eigenvalue weighted by atomic mass is 10.1. The van der Waals surface area contributed by atoms with E-state index in [-0.39, 0.29) is 33.0 Å². The highest BCUT2D eigenvalue weighted by Gasteiger charge is 2.34. The molecule has 13 heteroatoms. The highest BCUT2D eigenvalue weighted by Crippen LogP contribution is 2.48. The third-order valence-electron chi connectivity index (χ3n) is 5.72. The first-order valence-corrected chi connectivity index (χ1v) is 13.9. The van der Waals surface area contributed by atoms with E-state index >= 15 is 0 Å². The Morgan fingerprint density at radius 3 is 2.43 bits per heavy atom. The Morgan fingerprint density at radius 1 is 0.973 bits per heavy atom. The number of hydrogen-bond acceptors (Lipinski definition) is 8. The first-order valence-electron chi connectivity index (χ1n) is 10.8. The third-order valence-corrected chi connectivity index (χ3v) is 8.66. The van der Waals surface area contributed by atoms with Gasteiger partial charge >= 0.3 is 0 Å². The lowest BCUT2D eigenvalue weighted by molar-refractivity contribution is -0.114. The van der Waals surface area contributed by atoms with E-state index in [1.54, 1.807) is 24.3 Å². The third kappa shape index (κ3) is 4.47. The molecule has 1 aliphatic rings. The number of aromatic hydroxyl groups is 1. The van der Waals surface area contributed by atoms with Gasteiger partial charge in [-0.05, 0) is 53.9 Å². The summed E-state index contributed by atoms with van der Waals surface area (Å²) in [5.74, 6) is -0.943. The maximum absolute atomic E-state index is 13.3. The van der Waals surface area contributed by atoms with Gasteiger partial charge in [0.05, 0.1) is 27.7 Å². The van der Waals surface area contributed by atoms with E-state index in [9.17, 15) is 32.3 Å². The monoisotopic (exact) mass is 538 g/mol. The van der Waals surface area contributed by atoms with E-state index in [0.717, 1.165) is 6.07 Å². The van der Waals surface area contributed by atoms with Crippen LogP contribution in [-0.2, 0) is 19.5 Å². The van der Waals surface area contributed by atoms with Gasteiger partial charge in [0.2, 0.25) is 5.91 Å². The normalized spacial score (nSPS) is 16.7. The zero-order valence-corrected chi connectivity index (χ0v) is 20.8. The van der Waals surface area contributed by atoms with E-state index in [1.165, 1.54) is 43.3 Å². The molecule has 4 aromatic carbocycles. The molecule has 188 valence electrons. The average molecular weight is 538 g/mol. The van der Waals surface area contributed by atoms with E-state index in [2.05, 4.69) is 20.9 Å². The van der Waals surface area contributed by atoms with Gasteiger partial charge in [0.1, 0.15) is 10.6 Å². The van der Waals surface area contributed by atoms with Gasteiger partial charge in [0, 0.05) is 18.0 Å². The molecule has 1 unspecified atom stereocenters. The van der Waals surface area contributed by atoms with Crippen LogP contribution in [0.15, 0.2) is 81.9 Å². The van der Waals surface area contributed by atoms with Crippen LogP contribution in [0.5, 0.6) is 5.75 Å². The van der Waals surface area contributed by atoms with Crippen molar-refractivity contribution in [2.45, 2.75) is 11.8 Å². The number of carbonyl (C=O) groups is 1. The van der Waals surface area contributed by atoms with Crippen molar-refractivity contribution in [2.75, 3.05) is 10.6 Å². The van der Waals surface area contributed by atoms with E-state index in [4.69, 9.17) is 0 Å². The molecule has 5 N–H and O–H groups in total. The minimum absolute atomic E-state index is 0.0836. The van der Waals surface area contributed by atoms with Crippen LogP contribution in [0.25, 0.3) is 10.8 Å². The van der Waals surface area contributed by atoms with Crippen LogP contribution in [0.3, 0.4) is 0 Å². The zero-order valence-electron chi connectivity index (χ0n) is 19.1. The number of phenolic OH excluding ortho intramolecular Hbond substituents is 1. The summed E-state index contributed by atoms with van der Waals surface area (Å²) in [4.78, 5) is 21.6. The number of para-hydroxylation sites is 1. The molecule has 0 fully saturated rings. The summed E-state index contributed by atoms with van der Waals surface area (Å²) in [6.45, 7) is 1.31. The van der Waals surface area contributed by atoms with Gasteiger partial charge in [-0.15, -0.1) is 5.11 Å². The standard InChI is InChI=1S/C24H19N4O7PS/c1-13(29)25-15-7-6-14-10-22(37(33,34)35)23(24(30)17(14)11-15)28-27-16-8-9-19-21(12-16)36(31,32)20-5-3-2-4-18(20)26-19/h2-12,26,30H,1H3,(H,25,29)(H,31,32)(H,33,34,35). The summed E-state index contributed by atoms with van der Waals surface area (Å²) in [7, 11) is -8.79. The molecule has 0 saturated heterocycles. The van der Waals surface area contributed by atoms with Gasteiger partial charge in [0.25, 0.3) is 17.5 Å². The number of amides is 1. The first-order chi connectivity index (χ1) is 17.4. The van der Waals surface area contributed by atoms with E-state index in [1.807, 2.05) is 0 Å². The van der Waals surface area contributed by atoms with Crippen molar-refractivity contribution in [2.24, 2.45) is 10.2 Å². The Balaban J connectivity index is 1.62. The second kappa shape index (κ2) is 8.79. The fraction of sp³-hybridized carbons (Fsp3) is 0.0417. The van der Waals surface area contributed by atoms with Gasteiger partial charge in [0.15, 0.2) is 5.75 Å². The predicted molar refractivity (Wildman–Crippen MR) is 139 cm³/mol. The Kier molecular flexibility index (Phi) is 5.84. The topological polar surface area (TPSA) is 178 Å². The average Bonchev–Trinajstić information content (AvgIpc) is 2.83. The number of fused-ring (bicyclic) bond motifs is 3. The van der Waals surface area contributed by atoms with E-state index < -0.39 is 33.8 Å². The molecule has 4 aromatic rings. The van der Waals surface area contributed by atoms with Crippen LogP contribution in [0.4, 0.5) is 28.4 Å². The number of nitrogens with one attached hydrogen (secondary N) is 2. The quantitative estimate of drug-likeness (QED) is 0.144. The van der Waals surface area contributed by atoms with Gasteiger partial charge in [-0.2, -0.15) is 13.5 Å². The van der Waals surface area contributed by atoms with Crippen LogP contribution in [0, 0.1) is 0 Å². The second-order valence-corrected chi connectivity index (χ2v) is 11.8. The molecule has 0 aliphatic carbocycles. The number of azo groups is 1. The molecule has 37 heavy (non-hydrogen) atoms. The molecule has 11 nitrogen and oxygen atoms in total. The van der Waals surface area contributed by atoms with Crippen molar-refractivity contribution >= 4 is 73.2 Å². The van der Waals surface area contributed by atoms with Crippen molar-refractivity contribution in [1.82, 2.24) is 0 Å². The molecular weight excluding hydrogens is 519 g/mol. The molecular formula is C24H19N4O7PS. The second-order valence-electron chi connectivity index (χ2n) is 8.28. The number of carbonyl (C=O) groups excluding carboxylic acids is 1. The van der Waals surface area contributed by atoms with Crippen molar-refractivity contribution in [1.29, 1.82) is 0 Å². The summed E-state index contributed by atoms with van der Waals surface area (Å²) in [6.07, 6.45) is 0. The molecule has 1 heterocycles. The minimum atomic E-state index is -4.83. The highest BCUT2D eigenvalue weighted by molar-refractivity contribution is 7.86. The van der Waals surface area contributed by atoms with Crippen LogP contribution >= 0.6 is 7.37 Å². The van der Waals surface area contributed by atoms with Gasteiger partial charge in [-0.25, -0.2) is 0 Å². The fourth-order valence-electron chi connectivity index (χ4n) is 4.08. The number of phenols is 1. The molecule has 0 bridgehead atoms. The first kappa shape index (κ1) is 24.6. The number of hydrogen-bond donors (Lipinski definition) is 5. The Labute approximate surface area is 210 Å². The highest BCUT2D eigenvalue weighted by atomic mass is 32.2. The fourth-order valence-corrected chi connectivity index (χ4v) is 6.51. The number of anilines is 3. The number of benzene rings is 4. The molecule has 1 amide bonds. The van der Waals surface area contributed by atoms with Crippen molar-refractivity contribution < 1.29 is 32.3 Å². The Bertz CT molecular complexity index is 1800. The summed E-state index contributed by atoms with van der Waals surface area (Å²) in [5.41, 5.74) is 0.818. The van der Waals surface area contributed by atoms with Crippen LogP contribution < -0.4 is 21.2 Å². The van der Waals surface area contributed by atoms with Crippen molar-refractivity contribution in [3.63, 3.8) is 0 Å². The molecule has 5 rings (SSSR count). The largest absolute Gasteiger partial charge is 0.505 e. The molecule has 0 spiro atoms. The summed E-state index contributed by atoms with van der Waals surface area (Å²) in [5, 5.41) is 25.1. The van der Waals surface area contributed by atoms with Gasteiger partial charge in [-0.1, -0.05) is 18.2 Å². The van der Waals surface area contributed by atoms with Crippen molar-refractivity contribution in [3.8, 4) is 5.75 Å². The van der Waals surface area contributed by atoms with Crippen molar-refractivity contribution in [3.05, 3.63) is 66.7 Å². The summed E-state index contributed by atoms with van der Waals surface area (Å²) >= 11 is 0. The molecule has 0 radical (unpaired) electrons.